The molecule has 4 heteroatoms. The number of likely N-dealkylation sites (N-methyl/N-ethyl adjacent to an activating group) is 1. The van der Waals surface area contributed by atoms with Crippen molar-refractivity contribution < 1.29 is 4.79 Å². The summed E-state index contributed by atoms with van der Waals surface area (Å²) in [4.78, 5) is 16.6. The zero-order valence-electron chi connectivity index (χ0n) is 13.2. The van der Waals surface area contributed by atoms with Gasteiger partial charge in [0.05, 0.1) is 6.54 Å². The van der Waals surface area contributed by atoms with Gasteiger partial charge in [-0.2, -0.15) is 0 Å². The average molecular weight is 287 g/mol. The summed E-state index contributed by atoms with van der Waals surface area (Å²) in [7, 11) is 4.27. The molecule has 3 rings (SSSR count). The second kappa shape index (κ2) is 5.43. The van der Waals surface area contributed by atoms with Crippen LogP contribution in [0.3, 0.4) is 0 Å². The summed E-state index contributed by atoms with van der Waals surface area (Å²) < 4.78 is 0. The molecule has 1 atom stereocenters. The summed E-state index contributed by atoms with van der Waals surface area (Å²) in [5.74, 6) is 0.216. The number of aryl methyl sites for hydroxylation is 1. The smallest absolute Gasteiger partial charge is 0.238 e. The average Bonchev–Trinajstić information content (AvgIpc) is 2.75. The summed E-state index contributed by atoms with van der Waals surface area (Å²) in [6, 6.07) is 8.48. The molecule has 114 valence electrons. The minimum absolute atomic E-state index is 0.0236. The molecular weight excluding hydrogens is 262 g/mol. The Morgan fingerprint density at radius 3 is 2.48 bits per heavy atom. The maximum absolute atomic E-state index is 12.3. The number of carbonyl (C=O) groups is 1. The molecule has 0 radical (unpaired) electrons. The third-order valence-electron chi connectivity index (χ3n) is 5.17. The van der Waals surface area contributed by atoms with Gasteiger partial charge in [0.1, 0.15) is 6.17 Å². The molecule has 2 fully saturated rings. The molecule has 1 unspecified atom stereocenters. The first-order valence-electron chi connectivity index (χ1n) is 7.79. The summed E-state index contributed by atoms with van der Waals surface area (Å²) in [5.41, 5.74) is 2.60. The predicted molar refractivity (Wildman–Crippen MR) is 83.9 cm³/mol. The van der Waals surface area contributed by atoms with Crippen molar-refractivity contribution >= 4 is 5.91 Å². The van der Waals surface area contributed by atoms with Crippen LogP contribution in [0.4, 0.5) is 0 Å². The van der Waals surface area contributed by atoms with Gasteiger partial charge in [-0.05, 0) is 45.8 Å². The second-order valence-electron chi connectivity index (χ2n) is 6.69. The molecule has 1 aromatic rings. The fraction of sp³-hybridized carbons (Fsp3) is 0.588. The van der Waals surface area contributed by atoms with E-state index in [0.717, 1.165) is 6.54 Å². The number of rotatable bonds is 4. The molecule has 21 heavy (non-hydrogen) atoms. The van der Waals surface area contributed by atoms with E-state index in [1.807, 2.05) is 4.90 Å². The van der Waals surface area contributed by atoms with Crippen LogP contribution >= 0.6 is 0 Å². The maximum atomic E-state index is 12.3. The van der Waals surface area contributed by atoms with E-state index in [9.17, 15) is 4.79 Å². The first-order chi connectivity index (χ1) is 10.0. The van der Waals surface area contributed by atoms with Crippen LogP contribution in [0.2, 0.25) is 0 Å². The van der Waals surface area contributed by atoms with Gasteiger partial charge >= 0.3 is 0 Å². The molecule has 1 saturated heterocycles. The van der Waals surface area contributed by atoms with E-state index < -0.39 is 0 Å². The first kappa shape index (κ1) is 14.5. The Morgan fingerprint density at radius 2 is 1.95 bits per heavy atom. The fourth-order valence-corrected chi connectivity index (χ4v) is 3.41. The normalized spacial score (nSPS) is 24.5. The maximum Gasteiger partial charge on any atom is 0.238 e. The monoisotopic (exact) mass is 287 g/mol. The Bertz CT molecular complexity index is 519. The number of hydrogen-bond acceptors (Lipinski definition) is 3. The number of nitrogens with zero attached hydrogens (tertiary/aromatic N) is 2. The molecule has 0 bridgehead atoms. The SMILES string of the molecule is Cc1ccc(C2NCC(=O)N2CC2(N(C)C)CCC2)cc1. The predicted octanol–water partition coefficient (Wildman–Crippen LogP) is 1.91. The molecule has 1 amide bonds. The zero-order valence-corrected chi connectivity index (χ0v) is 13.2. The van der Waals surface area contributed by atoms with E-state index in [4.69, 9.17) is 0 Å². The van der Waals surface area contributed by atoms with Gasteiger partial charge in [0.25, 0.3) is 0 Å². The molecule has 1 aliphatic carbocycles. The van der Waals surface area contributed by atoms with Crippen LogP contribution in [0.15, 0.2) is 24.3 Å². The highest BCUT2D eigenvalue weighted by atomic mass is 16.2. The molecule has 1 saturated carbocycles. The van der Waals surface area contributed by atoms with Crippen LogP contribution in [0.25, 0.3) is 0 Å². The van der Waals surface area contributed by atoms with Crippen LogP contribution in [-0.4, -0.2) is 48.4 Å². The third-order valence-corrected chi connectivity index (χ3v) is 5.17. The van der Waals surface area contributed by atoms with Crippen molar-refractivity contribution in [2.24, 2.45) is 0 Å². The second-order valence-corrected chi connectivity index (χ2v) is 6.69. The van der Waals surface area contributed by atoms with Gasteiger partial charge in [-0.1, -0.05) is 29.8 Å². The summed E-state index contributed by atoms with van der Waals surface area (Å²) in [6.07, 6.45) is 3.66. The van der Waals surface area contributed by atoms with E-state index in [1.165, 1.54) is 30.4 Å². The van der Waals surface area contributed by atoms with Gasteiger partial charge in [0.15, 0.2) is 0 Å². The third kappa shape index (κ3) is 2.58. The Labute approximate surface area is 127 Å². The molecule has 0 aromatic heterocycles. The highest BCUT2D eigenvalue weighted by Gasteiger charge is 2.44. The largest absolute Gasteiger partial charge is 0.320 e. The minimum atomic E-state index is 0.0236. The highest BCUT2D eigenvalue weighted by molar-refractivity contribution is 5.81. The van der Waals surface area contributed by atoms with E-state index in [2.05, 4.69) is 55.5 Å². The standard InChI is InChI=1S/C17H25N3O/c1-13-5-7-14(8-6-13)16-18-11-15(21)20(16)12-17(19(2)3)9-4-10-17/h5-8,16,18H,4,9-12H2,1-3H3. The molecule has 0 spiro atoms. The molecule has 1 heterocycles. The van der Waals surface area contributed by atoms with Crippen molar-refractivity contribution in [2.45, 2.75) is 37.9 Å². The summed E-state index contributed by atoms with van der Waals surface area (Å²) in [6.45, 7) is 3.36. The van der Waals surface area contributed by atoms with Gasteiger partial charge in [-0.3, -0.25) is 10.1 Å². The Hall–Kier alpha value is -1.39. The van der Waals surface area contributed by atoms with Gasteiger partial charge in [-0.15, -0.1) is 0 Å². The number of nitrogens with one attached hydrogen (secondary N) is 1. The number of benzene rings is 1. The molecular formula is C17H25N3O. The lowest BCUT2D eigenvalue weighted by molar-refractivity contribution is -0.131. The van der Waals surface area contributed by atoms with Gasteiger partial charge in [0.2, 0.25) is 5.91 Å². The molecule has 1 aromatic carbocycles. The lowest BCUT2D eigenvalue weighted by atomic mass is 9.75. The molecule has 2 aliphatic rings. The highest BCUT2D eigenvalue weighted by Crippen LogP contribution is 2.39. The Balaban J connectivity index is 1.81. The molecule has 4 nitrogen and oxygen atoms in total. The van der Waals surface area contributed by atoms with Crippen LogP contribution in [0, 0.1) is 6.92 Å². The van der Waals surface area contributed by atoms with Gasteiger partial charge < -0.3 is 9.80 Å². The lowest BCUT2D eigenvalue weighted by Crippen LogP contribution is -2.58. The van der Waals surface area contributed by atoms with Crippen molar-refractivity contribution in [2.75, 3.05) is 27.2 Å². The molecule has 1 aliphatic heterocycles. The van der Waals surface area contributed by atoms with Crippen molar-refractivity contribution in [1.82, 2.24) is 15.1 Å². The van der Waals surface area contributed by atoms with Crippen LogP contribution < -0.4 is 5.32 Å². The quantitative estimate of drug-likeness (QED) is 0.919. The zero-order chi connectivity index (χ0) is 15.0. The number of hydrogen-bond donors (Lipinski definition) is 1. The van der Waals surface area contributed by atoms with Crippen molar-refractivity contribution in [3.63, 3.8) is 0 Å². The Morgan fingerprint density at radius 1 is 1.29 bits per heavy atom. The van der Waals surface area contributed by atoms with Crippen molar-refractivity contribution in [1.29, 1.82) is 0 Å². The van der Waals surface area contributed by atoms with Crippen molar-refractivity contribution in [3.05, 3.63) is 35.4 Å². The lowest BCUT2D eigenvalue weighted by Gasteiger charge is -2.50. The topological polar surface area (TPSA) is 35.6 Å². The summed E-state index contributed by atoms with van der Waals surface area (Å²) in [5, 5.41) is 3.36. The first-order valence-corrected chi connectivity index (χ1v) is 7.79. The number of carbonyl (C=O) groups excluding carboxylic acids is 1. The van der Waals surface area contributed by atoms with Crippen LogP contribution in [-0.2, 0) is 4.79 Å². The van der Waals surface area contributed by atoms with E-state index in [0.29, 0.717) is 6.54 Å². The van der Waals surface area contributed by atoms with Crippen LogP contribution in [0.5, 0.6) is 0 Å². The summed E-state index contributed by atoms with van der Waals surface area (Å²) >= 11 is 0. The Kier molecular flexibility index (Phi) is 3.76. The number of amides is 1. The van der Waals surface area contributed by atoms with E-state index in [-0.39, 0.29) is 17.6 Å². The van der Waals surface area contributed by atoms with Gasteiger partial charge in [-0.25, -0.2) is 0 Å². The molecule has 1 N–H and O–H groups in total. The van der Waals surface area contributed by atoms with E-state index in [1.54, 1.807) is 0 Å². The van der Waals surface area contributed by atoms with Crippen LogP contribution in [0.1, 0.15) is 36.6 Å². The minimum Gasteiger partial charge on any atom is -0.320 e. The van der Waals surface area contributed by atoms with Crippen molar-refractivity contribution in [3.8, 4) is 0 Å². The fourth-order valence-electron chi connectivity index (χ4n) is 3.41. The van der Waals surface area contributed by atoms with E-state index >= 15 is 0 Å². The van der Waals surface area contributed by atoms with Gasteiger partial charge in [0, 0.05) is 12.1 Å².